The topological polar surface area (TPSA) is 88.3 Å². The summed E-state index contributed by atoms with van der Waals surface area (Å²) in [4.78, 5) is 36.2. The predicted molar refractivity (Wildman–Crippen MR) is 72.3 cm³/mol. The summed E-state index contributed by atoms with van der Waals surface area (Å²) in [6.07, 6.45) is 1.09. The number of halogens is 3. The summed E-state index contributed by atoms with van der Waals surface area (Å²) >= 11 is 0. The molecule has 0 bridgehead atoms. The molecule has 1 aromatic carbocycles. The van der Waals surface area contributed by atoms with Gasteiger partial charge in [-0.1, -0.05) is 0 Å². The van der Waals surface area contributed by atoms with Crippen molar-refractivity contribution in [1.82, 2.24) is 4.98 Å². The number of amides is 1. The second-order valence-corrected chi connectivity index (χ2v) is 4.29. The SMILES string of the molecule is O=C(COC(=O)c1ccc(=O)[nH]c1)Nc1ccc(F)c(F)c1F. The molecule has 1 aromatic heterocycles. The van der Waals surface area contributed by atoms with Gasteiger partial charge < -0.3 is 15.0 Å². The Balaban J connectivity index is 1.95. The molecule has 0 unspecified atom stereocenters. The Morgan fingerprint density at radius 2 is 1.83 bits per heavy atom. The Hall–Kier alpha value is -3.10. The zero-order valence-corrected chi connectivity index (χ0v) is 11.4. The van der Waals surface area contributed by atoms with Crippen LogP contribution in [0.2, 0.25) is 0 Å². The highest BCUT2D eigenvalue weighted by molar-refractivity contribution is 5.95. The Labute approximate surface area is 126 Å². The quantitative estimate of drug-likeness (QED) is 0.660. The normalized spacial score (nSPS) is 10.2. The van der Waals surface area contributed by atoms with Crippen LogP contribution >= 0.6 is 0 Å². The summed E-state index contributed by atoms with van der Waals surface area (Å²) in [5, 5.41) is 1.94. The van der Waals surface area contributed by atoms with Crippen molar-refractivity contribution in [2.75, 3.05) is 11.9 Å². The number of esters is 1. The lowest BCUT2D eigenvalue weighted by Gasteiger charge is -2.08. The third kappa shape index (κ3) is 3.96. The molecule has 0 saturated heterocycles. The van der Waals surface area contributed by atoms with Crippen LogP contribution in [0.25, 0.3) is 0 Å². The first-order valence-corrected chi connectivity index (χ1v) is 6.17. The van der Waals surface area contributed by atoms with Crippen LogP contribution in [0, 0.1) is 17.5 Å². The molecule has 0 aliphatic heterocycles. The monoisotopic (exact) mass is 326 g/mol. The molecular weight excluding hydrogens is 317 g/mol. The maximum absolute atomic E-state index is 13.4. The number of aromatic amines is 1. The van der Waals surface area contributed by atoms with Crippen LogP contribution in [0.3, 0.4) is 0 Å². The van der Waals surface area contributed by atoms with Crippen LogP contribution in [0.5, 0.6) is 0 Å². The van der Waals surface area contributed by atoms with Gasteiger partial charge in [-0.3, -0.25) is 9.59 Å². The van der Waals surface area contributed by atoms with E-state index >= 15 is 0 Å². The second-order valence-electron chi connectivity index (χ2n) is 4.29. The molecule has 1 heterocycles. The lowest BCUT2D eigenvalue weighted by atomic mass is 10.2. The highest BCUT2D eigenvalue weighted by Gasteiger charge is 2.16. The van der Waals surface area contributed by atoms with Crippen molar-refractivity contribution in [3.8, 4) is 0 Å². The highest BCUT2D eigenvalue weighted by atomic mass is 19.2. The summed E-state index contributed by atoms with van der Waals surface area (Å²) in [7, 11) is 0. The van der Waals surface area contributed by atoms with Gasteiger partial charge in [-0.15, -0.1) is 0 Å². The molecule has 2 rings (SSSR count). The van der Waals surface area contributed by atoms with Crippen molar-refractivity contribution in [1.29, 1.82) is 0 Å². The van der Waals surface area contributed by atoms with Gasteiger partial charge in [0.25, 0.3) is 5.91 Å². The van der Waals surface area contributed by atoms with Crippen molar-refractivity contribution < 1.29 is 27.5 Å². The zero-order valence-electron chi connectivity index (χ0n) is 11.4. The summed E-state index contributed by atoms with van der Waals surface area (Å²) in [6.45, 7) is -0.781. The molecule has 2 N–H and O–H groups in total. The molecule has 0 atom stereocenters. The lowest BCUT2D eigenvalue weighted by Crippen LogP contribution is -2.22. The summed E-state index contributed by atoms with van der Waals surface area (Å²) < 4.78 is 43.7. The van der Waals surface area contributed by atoms with E-state index < -0.39 is 47.2 Å². The number of rotatable bonds is 4. The van der Waals surface area contributed by atoms with E-state index in [4.69, 9.17) is 0 Å². The van der Waals surface area contributed by atoms with Gasteiger partial charge in [0.2, 0.25) is 5.56 Å². The predicted octanol–water partition coefficient (Wildman–Crippen LogP) is 1.59. The lowest BCUT2D eigenvalue weighted by molar-refractivity contribution is -0.119. The summed E-state index contributed by atoms with van der Waals surface area (Å²) in [5.74, 6) is -6.54. The first kappa shape index (κ1) is 16.3. The van der Waals surface area contributed by atoms with Crippen molar-refractivity contribution in [3.05, 3.63) is 63.8 Å². The zero-order chi connectivity index (χ0) is 17.0. The molecule has 9 heteroatoms. The van der Waals surface area contributed by atoms with Gasteiger partial charge in [0.15, 0.2) is 24.1 Å². The summed E-state index contributed by atoms with van der Waals surface area (Å²) in [5.41, 5.74) is -1.02. The van der Waals surface area contributed by atoms with Crippen LogP contribution in [0.1, 0.15) is 10.4 Å². The van der Waals surface area contributed by atoms with Crippen LogP contribution < -0.4 is 10.9 Å². The molecule has 0 spiro atoms. The van der Waals surface area contributed by atoms with Crippen LogP contribution in [0.4, 0.5) is 18.9 Å². The number of ether oxygens (including phenoxy) is 1. The van der Waals surface area contributed by atoms with E-state index in [9.17, 15) is 27.6 Å². The standard InChI is InChI=1S/C14H9F3N2O4/c15-8-2-3-9(13(17)12(8)16)19-11(21)6-23-14(22)7-1-4-10(20)18-5-7/h1-5H,6H2,(H,18,20)(H,19,21). The molecule has 0 saturated carbocycles. The number of hydrogen-bond donors (Lipinski definition) is 2. The number of carbonyl (C=O) groups is 2. The molecule has 0 aliphatic carbocycles. The first-order valence-electron chi connectivity index (χ1n) is 6.17. The van der Waals surface area contributed by atoms with Gasteiger partial charge in [-0.25, -0.2) is 18.0 Å². The fourth-order valence-electron chi connectivity index (χ4n) is 1.56. The molecule has 0 fully saturated rings. The van der Waals surface area contributed by atoms with Gasteiger partial charge in [-0.2, -0.15) is 0 Å². The number of benzene rings is 1. The fraction of sp³-hybridized carbons (Fsp3) is 0.0714. The Bertz CT molecular complexity index is 800. The fourth-order valence-corrected chi connectivity index (χ4v) is 1.56. The van der Waals surface area contributed by atoms with Gasteiger partial charge in [-0.05, 0) is 18.2 Å². The molecule has 1 amide bonds. The van der Waals surface area contributed by atoms with E-state index in [0.29, 0.717) is 6.07 Å². The summed E-state index contributed by atoms with van der Waals surface area (Å²) in [6, 6.07) is 3.75. The number of aromatic nitrogens is 1. The van der Waals surface area contributed by atoms with E-state index in [0.717, 1.165) is 18.3 Å². The van der Waals surface area contributed by atoms with Gasteiger partial charge in [0, 0.05) is 12.3 Å². The van der Waals surface area contributed by atoms with Crippen molar-refractivity contribution >= 4 is 17.6 Å². The smallest absolute Gasteiger partial charge is 0.340 e. The van der Waals surface area contributed by atoms with E-state index in [-0.39, 0.29) is 5.56 Å². The maximum Gasteiger partial charge on any atom is 0.340 e. The number of hydrogen-bond acceptors (Lipinski definition) is 4. The van der Waals surface area contributed by atoms with Crippen molar-refractivity contribution in [2.45, 2.75) is 0 Å². The van der Waals surface area contributed by atoms with E-state index in [1.54, 1.807) is 0 Å². The molecule has 23 heavy (non-hydrogen) atoms. The largest absolute Gasteiger partial charge is 0.452 e. The molecule has 6 nitrogen and oxygen atoms in total. The minimum atomic E-state index is -1.73. The maximum atomic E-state index is 13.4. The average molecular weight is 326 g/mol. The molecule has 0 radical (unpaired) electrons. The Kier molecular flexibility index (Phi) is 4.79. The third-order valence-corrected chi connectivity index (χ3v) is 2.66. The molecule has 0 aliphatic rings. The Morgan fingerprint density at radius 3 is 2.48 bits per heavy atom. The number of carbonyl (C=O) groups excluding carboxylic acids is 2. The van der Waals surface area contributed by atoms with Crippen molar-refractivity contribution in [2.24, 2.45) is 0 Å². The van der Waals surface area contributed by atoms with Crippen molar-refractivity contribution in [3.63, 3.8) is 0 Å². The molecular formula is C14H9F3N2O4. The number of H-pyrrole nitrogens is 1. The second kappa shape index (κ2) is 6.77. The highest BCUT2D eigenvalue weighted by Crippen LogP contribution is 2.19. The van der Waals surface area contributed by atoms with E-state index in [1.807, 2.05) is 5.32 Å². The first-order chi connectivity index (χ1) is 10.9. The number of nitrogens with one attached hydrogen (secondary N) is 2. The minimum absolute atomic E-state index is 0.00333. The Morgan fingerprint density at radius 1 is 1.09 bits per heavy atom. The van der Waals surface area contributed by atoms with Crippen LogP contribution in [0.15, 0.2) is 35.3 Å². The number of anilines is 1. The van der Waals surface area contributed by atoms with Crippen LogP contribution in [-0.4, -0.2) is 23.5 Å². The third-order valence-electron chi connectivity index (χ3n) is 2.66. The minimum Gasteiger partial charge on any atom is -0.452 e. The molecule has 120 valence electrons. The van der Waals surface area contributed by atoms with E-state index in [2.05, 4.69) is 9.72 Å². The average Bonchev–Trinajstić information content (AvgIpc) is 2.54. The van der Waals surface area contributed by atoms with Gasteiger partial charge >= 0.3 is 5.97 Å². The van der Waals surface area contributed by atoms with E-state index in [1.165, 1.54) is 6.07 Å². The van der Waals surface area contributed by atoms with Crippen LogP contribution in [-0.2, 0) is 9.53 Å². The van der Waals surface area contributed by atoms with Gasteiger partial charge in [0.05, 0.1) is 11.3 Å². The molecule has 2 aromatic rings. The van der Waals surface area contributed by atoms with Gasteiger partial charge in [0.1, 0.15) is 0 Å². The number of pyridine rings is 1.